The Morgan fingerprint density at radius 1 is 1.04 bits per heavy atom. The fraction of sp³-hybridized carbons (Fsp3) is 0.700. The minimum absolute atomic E-state index is 0.235. The standard InChI is InChI=1S/C20H28O3/c1-14(21-2)22-13-23-19-6-4-3-5-18(19)20-10-15-7-16(11-20)9-17(8-15)12-20/h3-6,14-17H,7-13H2,1-2H3. The molecule has 3 nitrogen and oxygen atoms in total. The molecule has 1 unspecified atom stereocenters. The van der Waals surface area contributed by atoms with E-state index in [1.807, 2.05) is 6.92 Å². The van der Waals surface area contributed by atoms with Crippen LogP contribution in [-0.4, -0.2) is 20.2 Å². The monoisotopic (exact) mass is 316 g/mol. The van der Waals surface area contributed by atoms with Gasteiger partial charge in [0.2, 0.25) is 0 Å². The second-order valence-electron chi connectivity index (χ2n) is 7.93. The lowest BCUT2D eigenvalue weighted by atomic mass is 9.48. The lowest BCUT2D eigenvalue weighted by Crippen LogP contribution is -2.48. The highest BCUT2D eigenvalue weighted by Gasteiger charge is 2.52. The van der Waals surface area contributed by atoms with E-state index in [9.17, 15) is 0 Å². The Bertz CT molecular complexity index is 518. The molecular formula is C20H28O3. The highest BCUT2D eigenvalue weighted by molar-refractivity contribution is 5.41. The number of methoxy groups -OCH3 is 1. The van der Waals surface area contributed by atoms with E-state index in [1.165, 1.54) is 44.1 Å². The van der Waals surface area contributed by atoms with Crippen molar-refractivity contribution in [2.75, 3.05) is 13.9 Å². The quantitative estimate of drug-likeness (QED) is 0.723. The molecule has 4 fully saturated rings. The summed E-state index contributed by atoms with van der Waals surface area (Å²) in [5.41, 5.74) is 1.78. The fourth-order valence-corrected chi connectivity index (χ4v) is 5.73. The molecule has 3 heteroatoms. The van der Waals surface area contributed by atoms with E-state index < -0.39 is 0 Å². The van der Waals surface area contributed by atoms with Gasteiger partial charge in [-0.15, -0.1) is 0 Å². The van der Waals surface area contributed by atoms with Crippen molar-refractivity contribution in [2.24, 2.45) is 17.8 Å². The Balaban J connectivity index is 1.55. The topological polar surface area (TPSA) is 27.7 Å². The van der Waals surface area contributed by atoms with Gasteiger partial charge in [-0.05, 0) is 74.7 Å². The largest absolute Gasteiger partial charge is 0.467 e. The van der Waals surface area contributed by atoms with Gasteiger partial charge in [-0.1, -0.05) is 18.2 Å². The molecule has 126 valence electrons. The van der Waals surface area contributed by atoms with Gasteiger partial charge in [0.25, 0.3) is 0 Å². The van der Waals surface area contributed by atoms with Crippen LogP contribution in [0.1, 0.15) is 51.0 Å². The van der Waals surface area contributed by atoms with Crippen molar-refractivity contribution < 1.29 is 14.2 Å². The van der Waals surface area contributed by atoms with Crippen LogP contribution in [0.25, 0.3) is 0 Å². The van der Waals surface area contributed by atoms with Crippen molar-refractivity contribution in [3.63, 3.8) is 0 Å². The molecule has 5 rings (SSSR count). The van der Waals surface area contributed by atoms with E-state index in [-0.39, 0.29) is 13.1 Å². The third kappa shape index (κ3) is 2.89. The third-order valence-electron chi connectivity index (χ3n) is 6.35. The fourth-order valence-electron chi connectivity index (χ4n) is 5.73. The van der Waals surface area contributed by atoms with Crippen LogP contribution in [0.3, 0.4) is 0 Å². The number of benzene rings is 1. The summed E-state index contributed by atoms with van der Waals surface area (Å²) in [7, 11) is 1.65. The minimum Gasteiger partial charge on any atom is -0.467 e. The van der Waals surface area contributed by atoms with Crippen molar-refractivity contribution in [1.29, 1.82) is 0 Å². The Kier molecular flexibility index (Phi) is 4.10. The summed E-state index contributed by atoms with van der Waals surface area (Å²) in [6, 6.07) is 8.63. The van der Waals surface area contributed by atoms with Gasteiger partial charge >= 0.3 is 0 Å². The SMILES string of the molecule is COC(C)OCOc1ccccc1C12CC3CC(CC(C3)C1)C2. The smallest absolute Gasteiger partial charge is 0.191 e. The molecule has 0 spiro atoms. The maximum absolute atomic E-state index is 6.00. The van der Waals surface area contributed by atoms with Gasteiger partial charge in [-0.2, -0.15) is 0 Å². The zero-order chi connectivity index (χ0) is 15.9. The molecule has 0 aromatic heterocycles. The highest BCUT2D eigenvalue weighted by atomic mass is 16.7. The first kappa shape index (κ1) is 15.5. The Labute approximate surface area is 139 Å². The highest BCUT2D eigenvalue weighted by Crippen LogP contribution is 2.61. The second kappa shape index (κ2) is 6.10. The second-order valence-corrected chi connectivity index (χ2v) is 7.93. The van der Waals surface area contributed by atoms with Gasteiger partial charge < -0.3 is 14.2 Å². The lowest BCUT2D eigenvalue weighted by molar-refractivity contribution is -0.150. The predicted molar refractivity (Wildman–Crippen MR) is 89.3 cm³/mol. The molecule has 0 saturated heterocycles. The van der Waals surface area contributed by atoms with Crippen LogP contribution in [0.4, 0.5) is 0 Å². The zero-order valence-corrected chi connectivity index (χ0v) is 14.3. The Hall–Kier alpha value is -1.06. The summed E-state index contributed by atoms with van der Waals surface area (Å²) < 4.78 is 16.6. The summed E-state index contributed by atoms with van der Waals surface area (Å²) in [4.78, 5) is 0. The molecule has 0 amide bonds. The van der Waals surface area contributed by atoms with Crippen LogP contribution in [0, 0.1) is 17.8 Å². The summed E-state index contributed by atoms with van der Waals surface area (Å²) in [5.74, 6) is 3.84. The molecule has 4 aliphatic rings. The van der Waals surface area contributed by atoms with Gasteiger partial charge in [0.05, 0.1) is 0 Å². The average Bonchev–Trinajstić information content (AvgIpc) is 2.54. The van der Waals surface area contributed by atoms with Crippen molar-refractivity contribution in [3.05, 3.63) is 29.8 Å². The van der Waals surface area contributed by atoms with Crippen LogP contribution in [0.5, 0.6) is 5.75 Å². The van der Waals surface area contributed by atoms with Crippen LogP contribution in [-0.2, 0) is 14.9 Å². The third-order valence-corrected chi connectivity index (χ3v) is 6.35. The number of rotatable bonds is 6. The summed E-state index contributed by atoms with van der Waals surface area (Å²) in [5, 5.41) is 0. The summed E-state index contributed by atoms with van der Waals surface area (Å²) >= 11 is 0. The van der Waals surface area contributed by atoms with E-state index >= 15 is 0 Å². The van der Waals surface area contributed by atoms with Crippen molar-refractivity contribution >= 4 is 0 Å². The first-order valence-electron chi connectivity index (χ1n) is 9.05. The number of hydrogen-bond donors (Lipinski definition) is 0. The van der Waals surface area contributed by atoms with E-state index in [1.54, 1.807) is 7.11 Å². The number of hydrogen-bond acceptors (Lipinski definition) is 3. The first-order chi connectivity index (χ1) is 11.2. The molecule has 1 atom stereocenters. The molecule has 4 bridgehead atoms. The van der Waals surface area contributed by atoms with Gasteiger partial charge in [0, 0.05) is 12.7 Å². The maximum Gasteiger partial charge on any atom is 0.191 e. The first-order valence-corrected chi connectivity index (χ1v) is 9.05. The Morgan fingerprint density at radius 3 is 2.26 bits per heavy atom. The molecular weight excluding hydrogens is 288 g/mol. The normalized spacial score (nSPS) is 36.2. The van der Waals surface area contributed by atoms with Crippen molar-refractivity contribution in [3.8, 4) is 5.75 Å². The van der Waals surface area contributed by atoms with Crippen LogP contribution < -0.4 is 4.74 Å². The van der Waals surface area contributed by atoms with E-state index in [0.717, 1.165) is 23.5 Å². The van der Waals surface area contributed by atoms with Crippen LogP contribution in [0.2, 0.25) is 0 Å². The predicted octanol–water partition coefficient (Wildman–Crippen LogP) is 4.50. The lowest BCUT2D eigenvalue weighted by Gasteiger charge is -2.57. The van der Waals surface area contributed by atoms with Gasteiger partial charge in [0.1, 0.15) is 5.75 Å². The molecule has 0 radical (unpaired) electrons. The Morgan fingerprint density at radius 2 is 1.65 bits per heavy atom. The van der Waals surface area contributed by atoms with Crippen molar-refractivity contribution in [2.45, 2.75) is 57.2 Å². The minimum atomic E-state index is -0.235. The molecule has 1 aromatic rings. The summed E-state index contributed by atoms with van der Waals surface area (Å²) in [6.45, 7) is 2.13. The summed E-state index contributed by atoms with van der Waals surface area (Å²) in [6.07, 6.45) is 8.24. The zero-order valence-electron chi connectivity index (χ0n) is 14.3. The molecule has 0 N–H and O–H groups in total. The van der Waals surface area contributed by atoms with Crippen LogP contribution in [0.15, 0.2) is 24.3 Å². The average molecular weight is 316 g/mol. The van der Waals surface area contributed by atoms with Gasteiger partial charge in [0.15, 0.2) is 13.1 Å². The molecule has 1 aromatic carbocycles. The van der Waals surface area contributed by atoms with Crippen LogP contribution >= 0.6 is 0 Å². The van der Waals surface area contributed by atoms with E-state index in [4.69, 9.17) is 14.2 Å². The molecule has 0 heterocycles. The molecule has 4 aliphatic carbocycles. The maximum atomic E-state index is 6.00. The molecule has 23 heavy (non-hydrogen) atoms. The van der Waals surface area contributed by atoms with E-state index in [2.05, 4.69) is 24.3 Å². The number of ether oxygens (including phenoxy) is 3. The molecule has 4 saturated carbocycles. The molecule has 0 aliphatic heterocycles. The van der Waals surface area contributed by atoms with Gasteiger partial charge in [-0.3, -0.25) is 0 Å². The van der Waals surface area contributed by atoms with E-state index in [0.29, 0.717) is 5.41 Å². The number of para-hydroxylation sites is 1. The van der Waals surface area contributed by atoms with Gasteiger partial charge in [-0.25, -0.2) is 0 Å². The van der Waals surface area contributed by atoms with Crippen molar-refractivity contribution in [1.82, 2.24) is 0 Å².